The Morgan fingerprint density at radius 1 is 1.21 bits per heavy atom. The third-order valence-electron chi connectivity index (χ3n) is 5.44. The van der Waals surface area contributed by atoms with Crippen LogP contribution in [0.1, 0.15) is 45.4 Å². The lowest BCUT2D eigenvalue weighted by molar-refractivity contribution is -0.135. The highest BCUT2D eigenvalue weighted by molar-refractivity contribution is 5.77. The molecule has 0 spiro atoms. The molecule has 2 aliphatic carbocycles. The minimum Gasteiger partial charge on any atom is -0.335 e. The van der Waals surface area contributed by atoms with Crippen molar-refractivity contribution in [1.82, 2.24) is 19.1 Å². The summed E-state index contributed by atoms with van der Waals surface area (Å²) in [5.41, 5.74) is 0.353. The van der Waals surface area contributed by atoms with Crippen molar-refractivity contribution >= 4 is 11.4 Å². The van der Waals surface area contributed by atoms with E-state index in [1.165, 1.54) is 23.7 Å². The summed E-state index contributed by atoms with van der Waals surface area (Å²) in [5.74, 6) is 0.831. The van der Waals surface area contributed by atoms with Crippen molar-refractivity contribution in [3.63, 3.8) is 0 Å². The molecular weight excluding hydrogens is 304 g/mol. The first-order chi connectivity index (χ1) is 11.6. The number of hydrogen-bond acceptors (Lipinski definition) is 3. The van der Waals surface area contributed by atoms with Crippen LogP contribution >= 0.6 is 0 Å². The van der Waals surface area contributed by atoms with E-state index in [-0.39, 0.29) is 18.0 Å². The predicted octanol–water partition coefficient (Wildman–Crippen LogP) is 2.07. The van der Waals surface area contributed by atoms with Crippen LogP contribution in [0, 0.1) is 5.92 Å². The van der Waals surface area contributed by atoms with E-state index < -0.39 is 0 Å². The van der Waals surface area contributed by atoms with Crippen LogP contribution in [-0.4, -0.2) is 37.1 Å². The lowest BCUT2D eigenvalue weighted by Gasteiger charge is -2.36. The Morgan fingerprint density at radius 2 is 1.88 bits per heavy atom. The zero-order valence-electron chi connectivity index (χ0n) is 14.1. The van der Waals surface area contributed by atoms with Crippen molar-refractivity contribution in [3.8, 4) is 0 Å². The Morgan fingerprint density at radius 3 is 2.54 bits per heavy atom. The van der Waals surface area contributed by atoms with Gasteiger partial charge in [-0.15, -0.1) is 0 Å². The van der Waals surface area contributed by atoms with E-state index in [2.05, 4.69) is 16.9 Å². The van der Waals surface area contributed by atoms with Crippen LogP contribution in [0.25, 0.3) is 5.52 Å². The number of amides is 1. The molecule has 0 N–H and O–H groups in total. The highest BCUT2D eigenvalue weighted by Crippen LogP contribution is 2.35. The molecule has 2 aromatic heterocycles. The minimum absolute atomic E-state index is 0.0665. The van der Waals surface area contributed by atoms with Gasteiger partial charge in [0.2, 0.25) is 5.91 Å². The van der Waals surface area contributed by atoms with E-state index in [0.29, 0.717) is 17.6 Å². The molecule has 2 saturated carbocycles. The van der Waals surface area contributed by atoms with Gasteiger partial charge in [-0.3, -0.25) is 14.2 Å². The van der Waals surface area contributed by atoms with Gasteiger partial charge in [0.15, 0.2) is 0 Å². The zero-order chi connectivity index (χ0) is 16.7. The number of hydrogen-bond donors (Lipinski definition) is 0. The number of carbonyl (C=O) groups excluding carboxylic acids is 1. The second kappa shape index (κ2) is 6.07. The van der Waals surface area contributed by atoms with Crippen LogP contribution in [0.3, 0.4) is 0 Å². The average molecular weight is 328 g/mol. The summed E-state index contributed by atoms with van der Waals surface area (Å²) in [6, 6.07) is 4.26. The van der Waals surface area contributed by atoms with E-state index in [9.17, 15) is 9.59 Å². The molecule has 0 radical (unpaired) electrons. The molecule has 6 heteroatoms. The van der Waals surface area contributed by atoms with Gasteiger partial charge in [-0.05, 0) is 56.6 Å². The van der Waals surface area contributed by atoms with Gasteiger partial charge < -0.3 is 4.90 Å². The highest BCUT2D eigenvalue weighted by atomic mass is 16.2. The van der Waals surface area contributed by atoms with E-state index in [4.69, 9.17) is 0 Å². The maximum absolute atomic E-state index is 12.9. The fraction of sp³-hybridized carbons (Fsp3) is 0.611. The summed E-state index contributed by atoms with van der Waals surface area (Å²) in [4.78, 5) is 27.5. The van der Waals surface area contributed by atoms with Gasteiger partial charge in [0.05, 0.1) is 0 Å². The molecule has 0 atom stereocenters. The molecule has 0 aromatic carbocycles. The Hall–Kier alpha value is -2.11. The third kappa shape index (κ3) is 2.85. The fourth-order valence-electron chi connectivity index (χ4n) is 3.88. The molecule has 24 heavy (non-hydrogen) atoms. The number of nitrogens with zero attached hydrogens (tertiary/aromatic N) is 4. The van der Waals surface area contributed by atoms with E-state index in [1.807, 2.05) is 0 Å². The average Bonchev–Trinajstić information content (AvgIpc) is 3.27. The van der Waals surface area contributed by atoms with Crippen molar-refractivity contribution in [3.05, 3.63) is 35.0 Å². The van der Waals surface area contributed by atoms with Crippen LogP contribution in [0.5, 0.6) is 0 Å². The fourth-order valence-corrected chi connectivity index (χ4v) is 3.88. The zero-order valence-corrected chi connectivity index (χ0v) is 14.1. The molecule has 128 valence electrons. The standard InChI is InChI=1S/C18H24N4O2/c1-13-4-6-14(7-5-13)22(15-8-9-15)17(23)11-20-12-19-21-10-2-3-16(21)18(20)24/h2-3,10,12-15H,4-9,11H2,1H3. The lowest BCUT2D eigenvalue weighted by atomic mass is 9.86. The van der Waals surface area contributed by atoms with Crippen LogP contribution < -0.4 is 5.56 Å². The SMILES string of the molecule is CC1CCC(N(C(=O)Cn2cnn3cccc3c2=O)C2CC2)CC1. The van der Waals surface area contributed by atoms with E-state index in [0.717, 1.165) is 31.6 Å². The van der Waals surface area contributed by atoms with Gasteiger partial charge in [-0.25, -0.2) is 4.52 Å². The van der Waals surface area contributed by atoms with Gasteiger partial charge in [0.1, 0.15) is 18.4 Å². The summed E-state index contributed by atoms with van der Waals surface area (Å²) in [5, 5.41) is 4.21. The Labute approximate surface area is 141 Å². The maximum Gasteiger partial charge on any atom is 0.278 e. The number of aromatic nitrogens is 3. The molecule has 0 unspecified atom stereocenters. The summed E-state index contributed by atoms with van der Waals surface area (Å²) in [6.07, 6.45) is 9.98. The van der Waals surface area contributed by atoms with Crippen molar-refractivity contribution in [2.45, 2.75) is 64.1 Å². The second-order valence-electron chi connectivity index (χ2n) is 7.35. The van der Waals surface area contributed by atoms with Crippen molar-refractivity contribution < 1.29 is 4.79 Å². The van der Waals surface area contributed by atoms with Gasteiger partial charge in [0, 0.05) is 18.3 Å². The first kappa shape index (κ1) is 15.4. The summed E-state index contributed by atoms with van der Waals surface area (Å²) >= 11 is 0. The van der Waals surface area contributed by atoms with Crippen LogP contribution in [0.2, 0.25) is 0 Å². The Kier molecular flexibility index (Phi) is 3.90. The largest absolute Gasteiger partial charge is 0.335 e. The third-order valence-corrected chi connectivity index (χ3v) is 5.44. The molecule has 6 nitrogen and oxygen atoms in total. The highest BCUT2D eigenvalue weighted by Gasteiger charge is 2.38. The molecule has 0 saturated heterocycles. The molecule has 2 aromatic rings. The van der Waals surface area contributed by atoms with E-state index in [1.54, 1.807) is 22.8 Å². The Balaban J connectivity index is 1.54. The predicted molar refractivity (Wildman–Crippen MR) is 90.7 cm³/mol. The first-order valence-corrected chi connectivity index (χ1v) is 8.97. The normalized spacial score (nSPS) is 24.2. The minimum atomic E-state index is -0.156. The molecule has 2 aliphatic rings. The molecule has 0 bridgehead atoms. The molecule has 4 rings (SSSR count). The quantitative estimate of drug-likeness (QED) is 0.863. The van der Waals surface area contributed by atoms with Crippen LogP contribution in [-0.2, 0) is 11.3 Å². The smallest absolute Gasteiger partial charge is 0.278 e. The van der Waals surface area contributed by atoms with Crippen molar-refractivity contribution in [2.75, 3.05) is 0 Å². The molecule has 2 fully saturated rings. The first-order valence-electron chi connectivity index (χ1n) is 8.97. The number of carbonyl (C=O) groups is 1. The Bertz CT molecular complexity index is 797. The van der Waals surface area contributed by atoms with Crippen molar-refractivity contribution in [1.29, 1.82) is 0 Å². The van der Waals surface area contributed by atoms with E-state index >= 15 is 0 Å². The molecule has 1 amide bonds. The van der Waals surface area contributed by atoms with Crippen molar-refractivity contribution in [2.24, 2.45) is 5.92 Å². The van der Waals surface area contributed by atoms with Crippen LogP contribution in [0.4, 0.5) is 0 Å². The lowest BCUT2D eigenvalue weighted by Crippen LogP contribution is -2.46. The number of rotatable bonds is 4. The maximum atomic E-state index is 12.9. The molecular formula is C18H24N4O2. The summed E-state index contributed by atoms with van der Waals surface area (Å²) in [6.45, 7) is 2.38. The van der Waals surface area contributed by atoms with Crippen LogP contribution in [0.15, 0.2) is 29.5 Å². The van der Waals surface area contributed by atoms with Gasteiger partial charge in [0.25, 0.3) is 5.56 Å². The van der Waals surface area contributed by atoms with Gasteiger partial charge >= 0.3 is 0 Å². The topological polar surface area (TPSA) is 59.6 Å². The number of fused-ring (bicyclic) bond motifs is 1. The second-order valence-corrected chi connectivity index (χ2v) is 7.35. The summed E-state index contributed by atoms with van der Waals surface area (Å²) < 4.78 is 2.99. The van der Waals surface area contributed by atoms with Gasteiger partial charge in [-0.1, -0.05) is 6.92 Å². The molecule has 0 aliphatic heterocycles. The monoisotopic (exact) mass is 328 g/mol. The van der Waals surface area contributed by atoms with Gasteiger partial charge in [-0.2, -0.15) is 5.10 Å². The molecule has 2 heterocycles. The summed E-state index contributed by atoms with van der Waals surface area (Å²) in [7, 11) is 0.